The van der Waals surface area contributed by atoms with Gasteiger partial charge in [-0.05, 0) is 62.2 Å². The zero-order valence-electron chi connectivity index (χ0n) is 15.3. The highest BCUT2D eigenvalue weighted by atomic mass is 35.5. The van der Waals surface area contributed by atoms with Gasteiger partial charge < -0.3 is 0 Å². The predicted molar refractivity (Wildman–Crippen MR) is 106 cm³/mol. The van der Waals surface area contributed by atoms with Gasteiger partial charge >= 0.3 is 0 Å². The maximum absolute atomic E-state index is 13.1. The fraction of sp³-hybridized carbons (Fsp3) is 0.700. The first kappa shape index (κ1) is 18.7. The van der Waals surface area contributed by atoms with Crippen molar-refractivity contribution in [3.8, 4) is 0 Å². The second kappa shape index (κ2) is 7.78. The van der Waals surface area contributed by atoms with Crippen LogP contribution in [0.3, 0.4) is 0 Å². The summed E-state index contributed by atoms with van der Waals surface area (Å²) in [5, 5.41) is 0.541. The van der Waals surface area contributed by atoms with E-state index in [1.54, 1.807) is 10.4 Å². The molecule has 2 atom stereocenters. The molecule has 2 aliphatic heterocycles. The van der Waals surface area contributed by atoms with Gasteiger partial charge in [-0.25, -0.2) is 12.7 Å². The third-order valence-corrected chi connectivity index (χ3v) is 8.62. The van der Waals surface area contributed by atoms with Gasteiger partial charge in [-0.15, -0.1) is 0 Å². The van der Waals surface area contributed by atoms with Crippen LogP contribution in [0.15, 0.2) is 24.3 Å². The lowest BCUT2D eigenvalue weighted by Crippen LogP contribution is -2.60. The summed E-state index contributed by atoms with van der Waals surface area (Å²) in [5.74, 6) is 0.990. The van der Waals surface area contributed by atoms with Crippen molar-refractivity contribution in [2.24, 2.45) is 11.8 Å². The van der Waals surface area contributed by atoms with Gasteiger partial charge in [0, 0.05) is 24.2 Å². The highest BCUT2D eigenvalue weighted by molar-refractivity contribution is 7.88. The van der Waals surface area contributed by atoms with E-state index < -0.39 is 10.0 Å². The second-order valence-corrected chi connectivity index (χ2v) is 10.6. The minimum Gasteiger partial charge on any atom is -0.300 e. The molecule has 0 spiro atoms. The molecule has 2 saturated heterocycles. The molecular formula is C20H29ClN2O2S. The fourth-order valence-electron chi connectivity index (χ4n) is 5.31. The van der Waals surface area contributed by atoms with E-state index in [4.69, 9.17) is 11.6 Å². The molecule has 3 aliphatic rings. The minimum atomic E-state index is -3.32. The molecule has 3 fully saturated rings. The van der Waals surface area contributed by atoms with Crippen LogP contribution in [-0.4, -0.2) is 49.8 Å². The molecule has 0 aromatic heterocycles. The summed E-state index contributed by atoms with van der Waals surface area (Å²) < 4.78 is 27.9. The van der Waals surface area contributed by atoms with E-state index in [1.807, 2.05) is 18.2 Å². The molecule has 2 bridgehead atoms. The lowest BCUT2D eigenvalue weighted by molar-refractivity contribution is -0.00315. The number of likely N-dealkylation sites (tertiary alicyclic amines) is 1. The molecule has 0 N–H and O–H groups in total. The van der Waals surface area contributed by atoms with Crippen molar-refractivity contribution in [3.63, 3.8) is 0 Å². The van der Waals surface area contributed by atoms with Gasteiger partial charge in [-0.3, -0.25) is 4.90 Å². The Bertz CT molecular complexity index is 719. The largest absolute Gasteiger partial charge is 0.300 e. The zero-order valence-corrected chi connectivity index (χ0v) is 16.9. The van der Waals surface area contributed by atoms with Crippen LogP contribution < -0.4 is 0 Å². The molecule has 0 unspecified atom stereocenters. The summed E-state index contributed by atoms with van der Waals surface area (Å²) in [4.78, 5) is 2.68. The van der Waals surface area contributed by atoms with Crippen LogP contribution in [0.5, 0.6) is 0 Å². The Hall–Kier alpha value is -0.620. The number of piperidine rings is 2. The minimum absolute atomic E-state index is 0.0144. The molecule has 2 heterocycles. The lowest BCUT2D eigenvalue weighted by Gasteiger charge is -2.52. The van der Waals surface area contributed by atoms with Crippen molar-refractivity contribution < 1.29 is 8.42 Å². The van der Waals surface area contributed by atoms with Gasteiger partial charge in [0.25, 0.3) is 0 Å². The maximum Gasteiger partial charge on any atom is 0.218 e. The first-order valence-corrected chi connectivity index (χ1v) is 12.0. The van der Waals surface area contributed by atoms with E-state index >= 15 is 0 Å². The molecule has 4 nitrogen and oxygen atoms in total. The average Bonchev–Trinajstić information content (AvgIpc) is 2.63. The number of fused-ring (bicyclic) bond motifs is 2. The van der Waals surface area contributed by atoms with Crippen LogP contribution >= 0.6 is 11.6 Å². The van der Waals surface area contributed by atoms with E-state index in [-0.39, 0.29) is 5.75 Å². The van der Waals surface area contributed by atoms with Gasteiger partial charge in [-0.1, -0.05) is 42.6 Å². The van der Waals surface area contributed by atoms with Crippen LogP contribution in [-0.2, 0) is 15.8 Å². The molecule has 1 aliphatic carbocycles. The molecule has 6 heteroatoms. The molecule has 1 aromatic carbocycles. The fourth-order valence-corrected chi connectivity index (χ4v) is 7.25. The van der Waals surface area contributed by atoms with Crippen molar-refractivity contribution in [2.75, 3.05) is 26.2 Å². The van der Waals surface area contributed by atoms with E-state index in [0.717, 1.165) is 12.8 Å². The maximum atomic E-state index is 13.1. The molecule has 0 amide bonds. The average molecular weight is 397 g/mol. The Morgan fingerprint density at radius 3 is 2.27 bits per heavy atom. The summed E-state index contributed by atoms with van der Waals surface area (Å²) in [7, 11) is -3.32. The van der Waals surface area contributed by atoms with Gasteiger partial charge in [0.2, 0.25) is 10.0 Å². The molecular weight excluding hydrogens is 368 g/mol. The van der Waals surface area contributed by atoms with Gasteiger partial charge in [0.15, 0.2) is 0 Å². The highest BCUT2D eigenvalue weighted by Gasteiger charge is 2.45. The van der Waals surface area contributed by atoms with Crippen LogP contribution in [0.4, 0.5) is 0 Å². The summed E-state index contributed by atoms with van der Waals surface area (Å²) >= 11 is 6.20. The number of nitrogens with zero attached hydrogens (tertiary/aromatic N) is 2. The van der Waals surface area contributed by atoms with Crippen LogP contribution in [0, 0.1) is 11.8 Å². The number of sulfonamides is 1. The normalized spacial score (nSPS) is 31.0. The summed E-state index contributed by atoms with van der Waals surface area (Å²) in [6.07, 6.45) is 7.51. The molecule has 26 heavy (non-hydrogen) atoms. The summed E-state index contributed by atoms with van der Waals surface area (Å²) in [6, 6.07) is 7.88. The lowest BCUT2D eigenvalue weighted by atomic mass is 9.73. The first-order valence-electron chi connectivity index (χ1n) is 10.00. The van der Waals surface area contributed by atoms with E-state index in [9.17, 15) is 8.42 Å². The third-order valence-electron chi connectivity index (χ3n) is 6.49. The smallest absolute Gasteiger partial charge is 0.218 e. The Morgan fingerprint density at radius 2 is 1.62 bits per heavy atom. The van der Waals surface area contributed by atoms with E-state index in [1.165, 1.54) is 38.8 Å². The molecule has 1 aromatic rings. The predicted octanol–water partition coefficient (Wildman–Crippen LogP) is 3.76. The molecule has 4 rings (SSSR count). The van der Waals surface area contributed by atoms with Gasteiger partial charge in [0.05, 0.1) is 5.75 Å². The van der Waals surface area contributed by atoms with Crippen LogP contribution in [0.25, 0.3) is 0 Å². The molecule has 144 valence electrons. The van der Waals surface area contributed by atoms with E-state index in [0.29, 0.717) is 41.6 Å². The molecule has 0 radical (unpaired) electrons. The Labute approximate surface area is 162 Å². The Balaban J connectivity index is 1.50. The van der Waals surface area contributed by atoms with Crippen molar-refractivity contribution in [1.82, 2.24) is 9.21 Å². The van der Waals surface area contributed by atoms with Gasteiger partial charge in [0.1, 0.15) is 0 Å². The zero-order chi connectivity index (χ0) is 18.1. The number of hydrogen-bond acceptors (Lipinski definition) is 3. The standard InChI is InChI=1S/C20H29ClN2O2S/c21-19-10-3-2-7-18(19)15-26(24,25)23-13-16-8-6-9-17(14-23)20(16)22-11-4-1-5-12-22/h2-3,7,10,16-17,20H,1,4-6,8-9,11-15H2/t16-,17-/m1/s1. The Kier molecular flexibility index (Phi) is 5.61. The Morgan fingerprint density at radius 1 is 0.962 bits per heavy atom. The van der Waals surface area contributed by atoms with Crippen molar-refractivity contribution in [1.29, 1.82) is 0 Å². The number of benzene rings is 1. The quantitative estimate of drug-likeness (QED) is 0.778. The number of halogens is 1. The topological polar surface area (TPSA) is 40.6 Å². The summed E-state index contributed by atoms with van der Waals surface area (Å²) in [5.41, 5.74) is 0.706. The number of hydrogen-bond donors (Lipinski definition) is 0. The number of rotatable bonds is 4. The van der Waals surface area contributed by atoms with Crippen molar-refractivity contribution >= 4 is 21.6 Å². The van der Waals surface area contributed by atoms with E-state index in [2.05, 4.69) is 4.90 Å². The first-order chi connectivity index (χ1) is 12.5. The second-order valence-electron chi connectivity index (χ2n) is 8.20. The van der Waals surface area contributed by atoms with Crippen LogP contribution in [0.1, 0.15) is 44.1 Å². The van der Waals surface area contributed by atoms with Crippen molar-refractivity contribution in [2.45, 2.75) is 50.3 Å². The monoisotopic (exact) mass is 396 g/mol. The highest BCUT2D eigenvalue weighted by Crippen LogP contribution is 2.40. The molecule has 1 saturated carbocycles. The van der Waals surface area contributed by atoms with Crippen molar-refractivity contribution in [3.05, 3.63) is 34.9 Å². The summed E-state index contributed by atoms with van der Waals surface area (Å²) in [6.45, 7) is 3.77. The SMILES string of the molecule is O=S(=O)(Cc1ccccc1Cl)N1C[C@H]2CCC[C@H](C1)C2N1CCCCC1. The third kappa shape index (κ3) is 3.82. The van der Waals surface area contributed by atoms with Gasteiger partial charge in [-0.2, -0.15) is 0 Å². The van der Waals surface area contributed by atoms with Crippen LogP contribution in [0.2, 0.25) is 5.02 Å².